The van der Waals surface area contributed by atoms with Crippen LogP contribution in [0.2, 0.25) is 0 Å². The van der Waals surface area contributed by atoms with Crippen molar-refractivity contribution >= 4 is 27.9 Å². The van der Waals surface area contributed by atoms with Gasteiger partial charge in [0.25, 0.3) is 5.91 Å². The van der Waals surface area contributed by atoms with Gasteiger partial charge in [-0.3, -0.25) is 9.48 Å². The van der Waals surface area contributed by atoms with E-state index in [9.17, 15) is 13.6 Å². The second-order valence-corrected chi connectivity index (χ2v) is 8.02. The van der Waals surface area contributed by atoms with Crippen molar-refractivity contribution in [2.45, 2.75) is 25.0 Å². The third-order valence-corrected chi connectivity index (χ3v) is 5.81. The predicted molar refractivity (Wildman–Crippen MR) is 109 cm³/mol. The molecule has 3 aromatic rings. The molecule has 8 nitrogen and oxygen atoms in total. The van der Waals surface area contributed by atoms with Crippen molar-refractivity contribution in [1.29, 1.82) is 0 Å². The Bertz CT molecular complexity index is 1080. The molecule has 4 rings (SSSR count). The quantitative estimate of drug-likeness (QED) is 0.581. The topological polar surface area (TPSA) is 121 Å². The number of halogens is 2. The Labute approximate surface area is 174 Å². The van der Waals surface area contributed by atoms with Gasteiger partial charge in [0, 0.05) is 19.7 Å². The summed E-state index contributed by atoms with van der Waals surface area (Å²) < 4.78 is 35.6. The van der Waals surface area contributed by atoms with Crippen LogP contribution in [0.4, 0.5) is 19.5 Å². The van der Waals surface area contributed by atoms with Gasteiger partial charge in [0.2, 0.25) is 0 Å². The highest BCUT2D eigenvalue weighted by molar-refractivity contribution is 7.19. The van der Waals surface area contributed by atoms with Crippen LogP contribution in [0.1, 0.15) is 35.1 Å². The average molecular weight is 434 g/mol. The molecule has 30 heavy (non-hydrogen) atoms. The van der Waals surface area contributed by atoms with Crippen molar-refractivity contribution in [3.05, 3.63) is 47.4 Å². The smallest absolute Gasteiger partial charge is 0.277 e. The first kappa shape index (κ1) is 20.4. The minimum atomic E-state index is -0.781. The van der Waals surface area contributed by atoms with Crippen LogP contribution >= 0.6 is 11.3 Å². The lowest BCUT2D eigenvalue weighted by atomic mass is 10.0. The van der Waals surface area contributed by atoms with Gasteiger partial charge >= 0.3 is 0 Å². The maximum atomic E-state index is 14.1. The molecule has 158 valence electrons. The average Bonchev–Trinajstić information content (AvgIpc) is 3.24. The number of nitrogen functional groups attached to an aromatic ring is 1. The van der Waals surface area contributed by atoms with Gasteiger partial charge in [0.1, 0.15) is 27.7 Å². The van der Waals surface area contributed by atoms with E-state index >= 15 is 0 Å². The van der Waals surface area contributed by atoms with Crippen LogP contribution in [-0.4, -0.2) is 33.3 Å². The number of amides is 1. The number of anilines is 2. The number of rotatable bonds is 4. The molecule has 2 aromatic heterocycles. The molecule has 3 heterocycles. The summed E-state index contributed by atoms with van der Waals surface area (Å²) in [6.07, 6.45) is 2.54. The number of nitrogens with zero attached hydrogens (tertiary/aromatic N) is 3. The van der Waals surface area contributed by atoms with Gasteiger partial charge in [-0.2, -0.15) is 5.10 Å². The summed E-state index contributed by atoms with van der Waals surface area (Å²) in [7, 11) is 1.74. The normalized spacial score (nSPS) is 19.1. The molecular formula is C19H20F2N6O2S. The monoisotopic (exact) mass is 434 g/mol. The second-order valence-electron chi connectivity index (χ2n) is 6.99. The highest BCUT2D eigenvalue weighted by Crippen LogP contribution is 2.35. The zero-order valence-electron chi connectivity index (χ0n) is 16.1. The number of thiazole rings is 1. The van der Waals surface area contributed by atoms with E-state index < -0.39 is 17.5 Å². The molecule has 2 unspecified atom stereocenters. The number of aromatic nitrogens is 3. The number of benzene rings is 1. The first-order chi connectivity index (χ1) is 14.3. The molecule has 1 aliphatic rings. The number of nitrogens with two attached hydrogens (primary N) is 2. The Morgan fingerprint density at radius 1 is 1.37 bits per heavy atom. The van der Waals surface area contributed by atoms with Crippen molar-refractivity contribution in [2.75, 3.05) is 17.7 Å². The van der Waals surface area contributed by atoms with Gasteiger partial charge in [-0.25, -0.2) is 13.8 Å². The van der Waals surface area contributed by atoms with E-state index in [4.69, 9.17) is 16.2 Å². The fourth-order valence-corrected chi connectivity index (χ4v) is 4.30. The third-order valence-electron chi connectivity index (χ3n) is 4.91. The molecule has 1 fully saturated rings. The number of hydrogen-bond donors (Lipinski definition) is 3. The molecule has 0 spiro atoms. The van der Waals surface area contributed by atoms with Crippen molar-refractivity contribution in [2.24, 2.45) is 12.8 Å². The molecule has 1 aliphatic heterocycles. The van der Waals surface area contributed by atoms with Crippen LogP contribution in [0.15, 0.2) is 24.4 Å². The lowest BCUT2D eigenvalue weighted by molar-refractivity contribution is 0.00241. The van der Waals surface area contributed by atoms with Crippen LogP contribution in [-0.2, 0) is 11.8 Å². The molecule has 1 amide bonds. The summed E-state index contributed by atoms with van der Waals surface area (Å²) in [5.41, 5.74) is 12.6. The standard InChI is InChI=1S/C19H20F2N6O2S/c1-27-16(13-7-9(22)5-6-29-13)12(8-24-27)25-18(28)15-17(23)30-19(26-15)14-10(20)3-2-4-11(14)21/h2-4,8-9,13H,5-7,22-23H2,1H3,(H,25,28). The van der Waals surface area contributed by atoms with Crippen LogP contribution in [0.5, 0.6) is 0 Å². The van der Waals surface area contributed by atoms with Gasteiger partial charge in [0.15, 0.2) is 5.69 Å². The molecule has 0 saturated carbocycles. The van der Waals surface area contributed by atoms with Gasteiger partial charge < -0.3 is 21.5 Å². The summed E-state index contributed by atoms with van der Waals surface area (Å²) in [4.78, 5) is 16.9. The molecule has 11 heteroatoms. The number of nitrogens with one attached hydrogen (secondary N) is 1. The Morgan fingerprint density at radius 3 is 2.80 bits per heavy atom. The van der Waals surface area contributed by atoms with Crippen LogP contribution < -0.4 is 16.8 Å². The molecule has 2 atom stereocenters. The number of ether oxygens (including phenoxy) is 1. The van der Waals surface area contributed by atoms with Crippen LogP contribution in [0.3, 0.4) is 0 Å². The zero-order chi connectivity index (χ0) is 21.4. The Kier molecular flexibility index (Phi) is 5.50. The van der Waals surface area contributed by atoms with Gasteiger partial charge in [-0.05, 0) is 25.0 Å². The van der Waals surface area contributed by atoms with E-state index in [0.717, 1.165) is 29.9 Å². The van der Waals surface area contributed by atoms with E-state index in [2.05, 4.69) is 15.4 Å². The maximum Gasteiger partial charge on any atom is 0.277 e. The van der Waals surface area contributed by atoms with E-state index in [1.54, 1.807) is 11.7 Å². The molecular weight excluding hydrogens is 414 g/mol. The summed E-state index contributed by atoms with van der Waals surface area (Å²) in [6.45, 7) is 0.515. The lowest BCUT2D eigenvalue weighted by Crippen LogP contribution is -2.31. The number of hydrogen-bond acceptors (Lipinski definition) is 7. The van der Waals surface area contributed by atoms with Crippen molar-refractivity contribution < 1.29 is 18.3 Å². The predicted octanol–water partition coefficient (Wildman–Crippen LogP) is 2.84. The van der Waals surface area contributed by atoms with E-state index in [1.807, 2.05) is 0 Å². The summed E-state index contributed by atoms with van der Waals surface area (Å²) in [6, 6.07) is 3.48. The molecule has 0 bridgehead atoms. The molecule has 0 radical (unpaired) electrons. The fraction of sp³-hybridized carbons (Fsp3) is 0.316. The number of carbonyl (C=O) groups excluding carboxylic acids is 1. The summed E-state index contributed by atoms with van der Waals surface area (Å²) >= 11 is 0.836. The summed E-state index contributed by atoms with van der Waals surface area (Å²) in [5, 5.41) is 6.96. The number of aryl methyl sites for hydroxylation is 1. The van der Waals surface area contributed by atoms with Crippen molar-refractivity contribution in [1.82, 2.24) is 14.8 Å². The Hall–Kier alpha value is -2.89. The van der Waals surface area contributed by atoms with Crippen molar-refractivity contribution in [3.63, 3.8) is 0 Å². The van der Waals surface area contributed by atoms with Crippen LogP contribution in [0, 0.1) is 11.6 Å². The Morgan fingerprint density at radius 2 is 2.10 bits per heavy atom. The molecule has 0 aliphatic carbocycles. The maximum absolute atomic E-state index is 14.1. The largest absolute Gasteiger partial charge is 0.389 e. The summed E-state index contributed by atoms with van der Waals surface area (Å²) in [5.74, 6) is -2.17. The minimum absolute atomic E-state index is 0.00499. The Balaban J connectivity index is 1.61. The number of carbonyl (C=O) groups is 1. The van der Waals surface area contributed by atoms with Gasteiger partial charge in [-0.15, -0.1) is 0 Å². The van der Waals surface area contributed by atoms with Crippen molar-refractivity contribution in [3.8, 4) is 10.6 Å². The van der Waals surface area contributed by atoms with Crippen LogP contribution in [0.25, 0.3) is 10.6 Å². The minimum Gasteiger partial charge on any atom is -0.389 e. The lowest BCUT2D eigenvalue weighted by Gasteiger charge is -2.28. The highest BCUT2D eigenvalue weighted by atomic mass is 32.1. The van der Waals surface area contributed by atoms with E-state index in [-0.39, 0.29) is 33.4 Å². The second kappa shape index (κ2) is 8.09. The highest BCUT2D eigenvalue weighted by Gasteiger charge is 2.28. The van der Waals surface area contributed by atoms with E-state index in [1.165, 1.54) is 12.3 Å². The van der Waals surface area contributed by atoms with Gasteiger partial charge in [-0.1, -0.05) is 17.4 Å². The first-order valence-electron chi connectivity index (χ1n) is 9.26. The molecule has 5 N–H and O–H groups in total. The zero-order valence-corrected chi connectivity index (χ0v) is 16.9. The molecule has 1 saturated heterocycles. The van der Waals surface area contributed by atoms with E-state index in [0.29, 0.717) is 24.4 Å². The molecule has 1 aromatic carbocycles. The van der Waals surface area contributed by atoms with Gasteiger partial charge in [0.05, 0.1) is 23.1 Å². The SMILES string of the molecule is Cn1ncc(NC(=O)c2nc(-c3c(F)cccc3F)sc2N)c1C1CC(N)CCO1. The third kappa shape index (κ3) is 3.78. The first-order valence-corrected chi connectivity index (χ1v) is 10.1. The fourth-order valence-electron chi connectivity index (χ4n) is 3.42.